The van der Waals surface area contributed by atoms with Crippen molar-refractivity contribution in [3.8, 4) is 6.07 Å². The minimum atomic E-state index is 0.603. The van der Waals surface area contributed by atoms with Gasteiger partial charge >= 0.3 is 0 Å². The van der Waals surface area contributed by atoms with Gasteiger partial charge in [0.05, 0.1) is 6.07 Å². The monoisotopic (exact) mass is 205 g/mol. The first-order chi connectivity index (χ1) is 7.29. The van der Waals surface area contributed by atoms with E-state index in [2.05, 4.69) is 29.0 Å². The molecule has 1 saturated heterocycles. The molecule has 0 aromatic carbocycles. The summed E-state index contributed by atoms with van der Waals surface area (Å²) in [5, 5.41) is 8.83. The predicted molar refractivity (Wildman–Crippen MR) is 60.4 cm³/mol. The molecular weight excluding hydrogens is 186 g/mol. The van der Waals surface area contributed by atoms with Gasteiger partial charge in [0.15, 0.2) is 0 Å². The van der Waals surface area contributed by atoms with E-state index in [0.717, 1.165) is 25.0 Å². The van der Waals surface area contributed by atoms with Crippen molar-refractivity contribution in [2.75, 3.05) is 33.2 Å². The van der Waals surface area contributed by atoms with Crippen molar-refractivity contribution >= 4 is 0 Å². The van der Waals surface area contributed by atoms with Gasteiger partial charge in [0.2, 0.25) is 0 Å². The van der Waals surface area contributed by atoms with Crippen LogP contribution < -0.4 is 0 Å². The van der Waals surface area contributed by atoms with Crippen LogP contribution in [0.5, 0.6) is 0 Å². The fourth-order valence-electron chi connectivity index (χ4n) is 2.50. The van der Waals surface area contributed by atoms with Crippen molar-refractivity contribution < 1.29 is 0 Å². The van der Waals surface area contributed by atoms with Crippen molar-refractivity contribution in [2.24, 2.45) is 0 Å². The summed E-state index contributed by atoms with van der Waals surface area (Å²) in [6.07, 6.45) is 5.42. The van der Waals surface area contributed by atoms with Crippen LogP contribution in [0.2, 0.25) is 0 Å². The van der Waals surface area contributed by atoms with Crippen LogP contribution in [0, 0.1) is 11.3 Å². The second kappa shape index (κ2) is 4.78. The number of likely N-dealkylation sites (N-methyl/N-ethyl adjacent to an activating group) is 1. The number of nitrogens with zero attached hydrogens (tertiary/aromatic N) is 3. The van der Waals surface area contributed by atoms with Crippen LogP contribution in [-0.2, 0) is 0 Å². The summed E-state index contributed by atoms with van der Waals surface area (Å²) in [6.45, 7) is 4.73. The molecule has 2 rings (SSSR count). The van der Waals surface area contributed by atoms with Gasteiger partial charge in [-0.05, 0) is 39.4 Å². The molecule has 0 amide bonds. The van der Waals surface area contributed by atoms with Crippen LogP contribution in [-0.4, -0.2) is 49.1 Å². The van der Waals surface area contributed by atoms with Crippen LogP contribution in [0.15, 0.2) is 11.6 Å². The predicted octanol–water partition coefficient (Wildman–Crippen LogP) is 1.24. The fourth-order valence-corrected chi connectivity index (χ4v) is 2.50. The molecule has 3 heteroatoms. The third kappa shape index (κ3) is 2.58. The maximum absolute atomic E-state index is 8.83. The van der Waals surface area contributed by atoms with E-state index in [1.807, 2.05) is 0 Å². The van der Waals surface area contributed by atoms with E-state index in [0.29, 0.717) is 6.04 Å². The molecule has 1 atom stereocenters. The fraction of sp³-hybridized carbons (Fsp3) is 0.750. The van der Waals surface area contributed by atoms with Gasteiger partial charge in [-0.25, -0.2) is 0 Å². The molecule has 1 unspecified atom stereocenters. The Morgan fingerprint density at radius 2 is 2.20 bits per heavy atom. The number of hydrogen-bond acceptors (Lipinski definition) is 3. The standard InChI is InChI=1S/C12H19N3/c1-14-5-2-6-15(8-7-14)12-4-3-11(9-12)10-13/h3,12H,2,4-9H2,1H3. The van der Waals surface area contributed by atoms with Crippen LogP contribution in [0.3, 0.4) is 0 Å². The molecule has 0 bridgehead atoms. The molecule has 1 aliphatic carbocycles. The van der Waals surface area contributed by atoms with E-state index in [4.69, 9.17) is 5.26 Å². The average molecular weight is 205 g/mol. The topological polar surface area (TPSA) is 30.3 Å². The summed E-state index contributed by atoms with van der Waals surface area (Å²) >= 11 is 0. The smallest absolute Gasteiger partial charge is 0.0944 e. The van der Waals surface area contributed by atoms with E-state index >= 15 is 0 Å². The van der Waals surface area contributed by atoms with Crippen molar-refractivity contribution in [3.05, 3.63) is 11.6 Å². The van der Waals surface area contributed by atoms with Crippen molar-refractivity contribution in [2.45, 2.75) is 25.3 Å². The normalized spacial score (nSPS) is 29.6. The van der Waals surface area contributed by atoms with Crippen LogP contribution in [0.1, 0.15) is 19.3 Å². The third-order valence-electron chi connectivity index (χ3n) is 3.51. The van der Waals surface area contributed by atoms with Gasteiger partial charge < -0.3 is 4.90 Å². The summed E-state index contributed by atoms with van der Waals surface area (Å²) in [5.41, 5.74) is 0.984. The Labute approximate surface area is 92.0 Å². The van der Waals surface area contributed by atoms with Crippen molar-refractivity contribution in [3.63, 3.8) is 0 Å². The summed E-state index contributed by atoms with van der Waals surface area (Å²) in [7, 11) is 2.19. The van der Waals surface area contributed by atoms with Gasteiger partial charge in [0.1, 0.15) is 0 Å². The van der Waals surface area contributed by atoms with E-state index in [1.54, 1.807) is 0 Å². The lowest BCUT2D eigenvalue weighted by atomic mass is 10.1. The van der Waals surface area contributed by atoms with E-state index in [1.165, 1.54) is 26.1 Å². The van der Waals surface area contributed by atoms with Gasteiger partial charge in [0.25, 0.3) is 0 Å². The Morgan fingerprint density at radius 3 is 2.93 bits per heavy atom. The van der Waals surface area contributed by atoms with Crippen LogP contribution in [0.4, 0.5) is 0 Å². The first kappa shape index (κ1) is 10.7. The first-order valence-electron chi connectivity index (χ1n) is 5.81. The Balaban J connectivity index is 1.87. The van der Waals surface area contributed by atoms with Crippen LogP contribution in [0.25, 0.3) is 0 Å². The van der Waals surface area contributed by atoms with E-state index in [-0.39, 0.29) is 0 Å². The molecular formula is C12H19N3. The Bertz CT molecular complexity index is 290. The lowest BCUT2D eigenvalue weighted by Crippen LogP contribution is -2.36. The minimum absolute atomic E-state index is 0.603. The Hall–Kier alpha value is -0.850. The second-order valence-corrected chi connectivity index (χ2v) is 4.63. The quantitative estimate of drug-likeness (QED) is 0.645. The maximum atomic E-state index is 8.83. The van der Waals surface area contributed by atoms with E-state index < -0.39 is 0 Å². The van der Waals surface area contributed by atoms with Gasteiger partial charge in [-0.1, -0.05) is 6.08 Å². The summed E-state index contributed by atoms with van der Waals surface area (Å²) in [6, 6.07) is 2.88. The SMILES string of the molecule is CN1CCCN(C2CC=C(C#N)C2)CC1. The lowest BCUT2D eigenvalue weighted by molar-refractivity contribution is 0.209. The summed E-state index contributed by atoms with van der Waals surface area (Å²) in [4.78, 5) is 4.96. The Kier molecular flexibility index (Phi) is 3.40. The highest BCUT2D eigenvalue weighted by atomic mass is 15.2. The van der Waals surface area contributed by atoms with Crippen molar-refractivity contribution in [1.82, 2.24) is 9.80 Å². The molecule has 0 N–H and O–H groups in total. The summed E-state index contributed by atoms with van der Waals surface area (Å²) < 4.78 is 0. The minimum Gasteiger partial charge on any atom is -0.305 e. The highest BCUT2D eigenvalue weighted by Crippen LogP contribution is 2.23. The third-order valence-corrected chi connectivity index (χ3v) is 3.51. The molecule has 0 aromatic rings. The highest BCUT2D eigenvalue weighted by Gasteiger charge is 2.24. The molecule has 0 aromatic heterocycles. The second-order valence-electron chi connectivity index (χ2n) is 4.63. The largest absolute Gasteiger partial charge is 0.305 e. The van der Waals surface area contributed by atoms with Gasteiger partial charge in [-0.2, -0.15) is 5.26 Å². The zero-order valence-electron chi connectivity index (χ0n) is 9.45. The molecule has 1 aliphatic heterocycles. The highest BCUT2D eigenvalue weighted by molar-refractivity contribution is 5.26. The van der Waals surface area contributed by atoms with Gasteiger partial charge in [-0.15, -0.1) is 0 Å². The van der Waals surface area contributed by atoms with Crippen molar-refractivity contribution in [1.29, 1.82) is 5.26 Å². The van der Waals surface area contributed by atoms with Gasteiger partial charge in [0, 0.05) is 24.7 Å². The lowest BCUT2D eigenvalue weighted by Gasteiger charge is -2.27. The molecule has 0 saturated carbocycles. The molecule has 1 fully saturated rings. The molecule has 3 nitrogen and oxygen atoms in total. The zero-order valence-corrected chi connectivity index (χ0v) is 9.45. The van der Waals surface area contributed by atoms with Crippen LogP contribution >= 0.6 is 0 Å². The summed E-state index contributed by atoms with van der Waals surface area (Å²) in [5.74, 6) is 0. The maximum Gasteiger partial charge on any atom is 0.0944 e. The number of rotatable bonds is 1. The molecule has 2 aliphatic rings. The number of nitriles is 1. The van der Waals surface area contributed by atoms with E-state index in [9.17, 15) is 0 Å². The molecule has 1 heterocycles. The Morgan fingerprint density at radius 1 is 1.33 bits per heavy atom. The molecule has 0 radical (unpaired) electrons. The molecule has 15 heavy (non-hydrogen) atoms. The average Bonchev–Trinajstić information content (AvgIpc) is 2.62. The van der Waals surface area contributed by atoms with Gasteiger partial charge in [-0.3, -0.25) is 4.90 Å². The molecule has 0 spiro atoms. The molecule has 82 valence electrons. The number of hydrogen-bond donors (Lipinski definition) is 0. The zero-order chi connectivity index (χ0) is 10.7. The first-order valence-corrected chi connectivity index (χ1v) is 5.81.